The van der Waals surface area contributed by atoms with E-state index in [1.54, 1.807) is 18.3 Å². The van der Waals surface area contributed by atoms with E-state index in [2.05, 4.69) is 58.3 Å². The first kappa shape index (κ1) is 18.0. The van der Waals surface area contributed by atoms with E-state index >= 15 is 0 Å². The van der Waals surface area contributed by atoms with E-state index in [9.17, 15) is 4.79 Å². The predicted molar refractivity (Wildman–Crippen MR) is 107 cm³/mol. The molecule has 2 N–H and O–H groups in total. The largest absolute Gasteiger partial charge is 0.372 e. The molecular formula is C21H26N4O. The molecule has 0 bridgehead atoms. The van der Waals surface area contributed by atoms with Crippen LogP contribution in [0.4, 0.5) is 17.2 Å². The lowest BCUT2D eigenvalue weighted by Crippen LogP contribution is -2.32. The Balaban J connectivity index is 1.58. The highest BCUT2D eigenvalue weighted by atomic mass is 16.1. The molecule has 1 aromatic carbocycles. The van der Waals surface area contributed by atoms with Crippen LogP contribution in [-0.2, 0) is 0 Å². The van der Waals surface area contributed by atoms with Crippen molar-refractivity contribution in [1.82, 2.24) is 10.3 Å². The maximum Gasteiger partial charge on any atom is 0.253 e. The van der Waals surface area contributed by atoms with Gasteiger partial charge in [0.1, 0.15) is 5.82 Å². The third kappa shape index (κ3) is 4.63. The Morgan fingerprint density at radius 1 is 1.23 bits per heavy atom. The standard InChI is InChI=1S/C21H26N4O/c1-3-12-22-21(26)17-4-9-20(23-15-17)24-18-5-7-19(8-6-18)25-13-10-16(2)11-14-25/h3-9,15-16H,1,10-14H2,2H3,(H,22,26)(H,23,24). The molecule has 1 fully saturated rings. The van der Waals surface area contributed by atoms with Crippen molar-refractivity contribution in [2.75, 3.05) is 29.9 Å². The van der Waals surface area contributed by atoms with Crippen LogP contribution in [0.2, 0.25) is 0 Å². The van der Waals surface area contributed by atoms with Crippen molar-refractivity contribution in [3.8, 4) is 0 Å². The van der Waals surface area contributed by atoms with Gasteiger partial charge < -0.3 is 15.5 Å². The highest BCUT2D eigenvalue weighted by Crippen LogP contribution is 2.25. The van der Waals surface area contributed by atoms with Crippen LogP contribution in [0.5, 0.6) is 0 Å². The van der Waals surface area contributed by atoms with Crippen molar-refractivity contribution in [2.24, 2.45) is 5.92 Å². The minimum atomic E-state index is -0.149. The van der Waals surface area contributed by atoms with Crippen LogP contribution in [0.25, 0.3) is 0 Å². The lowest BCUT2D eigenvalue weighted by atomic mass is 9.99. The molecule has 1 aliphatic rings. The molecule has 0 atom stereocenters. The summed E-state index contributed by atoms with van der Waals surface area (Å²) in [6.45, 7) is 8.61. The van der Waals surface area contributed by atoms with Crippen LogP contribution in [0.15, 0.2) is 55.3 Å². The van der Waals surface area contributed by atoms with Gasteiger partial charge in [0.2, 0.25) is 0 Å². The third-order valence-electron chi connectivity index (χ3n) is 4.72. The first-order chi connectivity index (χ1) is 12.7. The van der Waals surface area contributed by atoms with E-state index in [0.717, 1.165) is 24.7 Å². The number of carbonyl (C=O) groups excluding carboxylic acids is 1. The van der Waals surface area contributed by atoms with Crippen molar-refractivity contribution < 1.29 is 4.79 Å². The van der Waals surface area contributed by atoms with Gasteiger partial charge in [-0.15, -0.1) is 6.58 Å². The number of piperidine rings is 1. The van der Waals surface area contributed by atoms with Gasteiger partial charge in [-0.05, 0) is 55.2 Å². The lowest BCUT2D eigenvalue weighted by Gasteiger charge is -2.32. The number of pyridine rings is 1. The molecule has 0 saturated carbocycles. The molecule has 3 rings (SSSR count). The van der Waals surface area contributed by atoms with E-state index in [0.29, 0.717) is 17.9 Å². The Morgan fingerprint density at radius 3 is 2.58 bits per heavy atom. The minimum Gasteiger partial charge on any atom is -0.372 e. The second-order valence-electron chi connectivity index (χ2n) is 6.77. The molecular weight excluding hydrogens is 324 g/mol. The van der Waals surface area contributed by atoms with Gasteiger partial charge in [-0.1, -0.05) is 13.0 Å². The van der Waals surface area contributed by atoms with Gasteiger partial charge in [0.05, 0.1) is 5.56 Å². The van der Waals surface area contributed by atoms with Crippen LogP contribution < -0.4 is 15.5 Å². The molecule has 1 aromatic heterocycles. The first-order valence-electron chi connectivity index (χ1n) is 9.13. The van der Waals surface area contributed by atoms with Gasteiger partial charge in [-0.2, -0.15) is 0 Å². The summed E-state index contributed by atoms with van der Waals surface area (Å²) in [6, 6.07) is 12.0. The summed E-state index contributed by atoms with van der Waals surface area (Å²) >= 11 is 0. The van der Waals surface area contributed by atoms with Crippen LogP contribution in [0.1, 0.15) is 30.1 Å². The number of nitrogens with zero attached hydrogens (tertiary/aromatic N) is 2. The molecule has 5 heteroatoms. The number of benzene rings is 1. The van der Waals surface area contributed by atoms with Gasteiger partial charge in [0.25, 0.3) is 5.91 Å². The zero-order valence-electron chi connectivity index (χ0n) is 15.2. The number of aromatic nitrogens is 1. The van der Waals surface area contributed by atoms with Gasteiger partial charge in [-0.3, -0.25) is 4.79 Å². The third-order valence-corrected chi connectivity index (χ3v) is 4.72. The van der Waals surface area contributed by atoms with Gasteiger partial charge in [0, 0.05) is 37.2 Å². The Morgan fingerprint density at radius 2 is 1.96 bits per heavy atom. The van der Waals surface area contributed by atoms with E-state index in [1.807, 2.05) is 6.07 Å². The number of hydrogen-bond donors (Lipinski definition) is 2. The molecule has 0 aliphatic carbocycles. The second-order valence-corrected chi connectivity index (χ2v) is 6.77. The number of nitrogens with one attached hydrogen (secondary N) is 2. The zero-order valence-corrected chi connectivity index (χ0v) is 15.2. The molecule has 0 spiro atoms. The average molecular weight is 350 g/mol. The molecule has 5 nitrogen and oxygen atoms in total. The summed E-state index contributed by atoms with van der Waals surface area (Å²) in [6.07, 6.45) is 5.74. The van der Waals surface area contributed by atoms with Crippen LogP contribution in [0.3, 0.4) is 0 Å². The fraction of sp³-hybridized carbons (Fsp3) is 0.333. The molecule has 0 unspecified atom stereocenters. The van der Waals surface area contributed by atoms with Crippen LogP contribution in [-0.4, -0.2) is 30.5 Å². The second kappa shape index (κ2) is 8.52. The Hall–Kier alpha value is -2.82. The molecule has 1 aliphatic heterocycles. The molecule has 0 radical (unpaired) electrons. The minimum absolute atomic E-state index is 0.149. The molecule has 136 valence electrons. The number of hydrogen-bond acceptors (Lipinski definition) is 4. The van der Waals surface area contributed by atoms with E-state index in [1.165, 1.54) is 18.5 Å². The number of amides is 1. The van der Waals surface area contributed by atoms with Crippen molar-refractivity contribution in [3.63, 3.8) is 0 Å². The molecule has 2 heterocycles. The summed E-state index contributed by atoms with van der Waals surface area (Å²) in [5.74, 6) is 1.40. The highest BCUT2D eigenvalue weighted by Gasteiger charge is 2.15. The van der Waals surface area contributed by atoms with Gasteiger partial charge >= 0.3 is 0 Å². The highest BCUT2D eigenvalue weighted by molar-refractivity contribution is 5.94. The van der Waals surface area contributed by atoms with Gasteiger partial charge in [0.15, 0.2) is 0 Å². The fourth-order valence-electron chi connectivity index (χ4n) is 3.04. The molecule has 26 heavy (non-hydrogen) atoms. The number of rotatable bonds is 6. The maximum atomic E-state index is 11.9. The van der Waals surface area contributed by atoms with Crippen molar-refractivity contribution in [1.29, 1.82) is 0 Å². The van der Waals surface area contributed by atoms with Crippen molar-refractivity contribution in [2.45, 2.75) is 19.8 Å². The normalized spacial score (nSPS) is 14.7. The van der Waals surface area contributed by atoms with E-state index < -0.39 is 0 Å². The number of carbonyl (C=O) groups is 1. The molecule has 1 saturated heterocycles. The van der Waals surface area contributed by atoms with Crippen molar-refractivity contribution in [3.05, 3.63) is 60.8 Å². The summed E-state index contributed by atoms with van der Waals surface area (Å²) in [7, 11) is 0. The SMILES string of the molecule is C=CCNC(=O)c1ccc(Nc2ccc(N3CCC(C)CC3)cc2)nc1. The topological polar surface area (TPSA) is 57.3 Å². The molecule has 2 aromatic rings. The average Bonchev–Trinajstić information content (AvgIpc) is 2.68. The smallest absolute Gasteiger partial charge is 0.253 e. The Labute approximate surface area is 155 Å². The van der Waals surface area contributed by atoms with E-state index in [4.69, 9.17) is 0 Å². The lowest BCUT2D eigenvalue weighted by molar-refractivity contribution is 0.0957. The Bertz CT molecular complexity index is 732. The van der Waals surface area contributed by atoms with Crippen LogP contribution >= 0.6 is 0 Å². The quantitative estimate of drug-likeness (QED) is 0.774. The maximum absolute atomic E-state index is 11.9. The summed E-state index contributed by atoms with van der Waals surface area (Å²) < 4.78 is 0. The fourth-order valence-corrected chi connectivity index (χ4v) is 3.04. The predicted octanol–water partition coefficient (Wildman–Crippen LogP) is 3.98. The first-order valence-corrected chi connectivity index (χ1v) is 9.13. The number of anilines is 3. The molecule has 1 amide bonds. The van der Waals surface area contributed by atoms with Gasteiger partial charge in [-0.25, -0.2) is 4.98 Å². The summed E-state index contributed by atoms with van der Waals surface area (Å²) in [5, 5.41) is 6.01. The Kier molecular flexibility index (Phi) is 5.89. The monoisotopic (exact) mass is 350 g/mol. The van der Waals surface area contributed by atoms with Crippen molar-refractivity contribution >= 4 is 23.1 Å². The van der Waals surface area contributed by atoms with Crippen LogP contribution in [0, 0.1) is 5.92 Å². The zero-order chi connectivity index (χ0) is 18.4. The van der Waals surface area contributed by atoms with E-state index in [-0.39, 0.29) is 5.91 Å². The summed E-state index contributed by atoms with van der Waals surface area (Å²) in [4.78, 5) is 18.6. The summed E-state index contributed by atoms with van der Waals surface area (Å²) in [5.41, 5.74) is 2.78.